The van der Waals surface area contributed by atoms with Gasteiger partial charge < -0.3 is 9.73 Å². The first-order chi connectivity index (χ1) is 12.6. The maximum absolute atomic E-state index is 12.4. The van der Waals surface area contributed by atoms with E-state index in [1.807, 2.05) is 5.38 Å². The maximum atomic E-state index is 12.4. The summed E-state index contributed by atoms with van der Waals surface area (Å²) in [5.74, 6) is 0.824. The summed E-state index contributed by atoms with van der Waals surface area (Å²) in [5.41, 5.74) is 0.730. The summed E-state index contributed by atoms with van der Waals surface area (Å²) < 4.78 is 6.74. The summed E-state index contributed by atoms with van der Waals surface area (Å²) in [4.78, 5) is 31.7. The molecule has 0 aliphatic heterocycles. The average Bonchev–Trinajstić information content (AvgIpc) is 3.35. The monoisotopic (exact) mass is 367 g/mol. The molecule has 0 atom stereocenters. The number of hydrogen-bond donors (Lipinski definition) is 2. The van der Waals surface area contributed by atoms with Crippen molar-refractivity contribution < 1.29 is 9.21 Å². The number of carbonyl (C=O) groups is 1. The fourth-order valence-electron chi connectivity index (χ4n) is 2.43. The molecule has 4 heterocycles. The minimum Gasteiger partial charge on any atom is -0.463 e. The number of furan rings is 1. The third-order valence-corrected chi connectivity index (χ3v) is 4.40. The fraction of sp³-hybridized carbons (Fsp3) is 0.0588. The molecule has 4 aromatic rings. The number of nitrogens with zero attached hydrogens (tertiary/aromatic N) is 3. The van der Waals surface area contributed by atoms with Crippen LogP contribution in [0.25, 0.3) is 17.4 Å². The van der Waals surface area contributed by atoms with Crippen molar-refractivity contribution in [1.82, 2.24) is 19.7 Å². The van der Waals surface area contributed by atoms with Crippen LogP contribution in [0.3, 0.4) is 0 Å². The second-order valence-electron chi connectivity index (χ2n) is 5.45. The van der Waals surface area contributed by atoms with Gasteiger partial charge in [0.1, 0.15) is 11.5 Å². The molecule has 1 amide bonds. The van der Waals surface area contributed by atoms with Crippen LogP contribution in [0.4, 0.5) is 5.82 Å². The van der Waals surface area contributed by atoms with Gasteiger partial charge in [0.05, 0.1) is 11.1 Å². The zero-order chi connectivity index (χ0) is 18.1. The smallest absolute Gasteiger partial charge is 0.266 e. The number of nitrogens with one attached hydrogen (secondary N) is 2. The van der Waals surface area contributed by atoms with E-state index in [1.165, 1.54) is 28.3 Å². The van der Waals surface area contributed by atoms with E-state index in [-0.39, 0.29) is 17.4 Å². The zero-order valence-corrected chi connectivity index (χ0v) is 14.4. The van der Waals surface area contributed by atoms with Crippen LogP contribution < -0.4 is 10.9 Å². The molecule has 0 spiro atoms. The van der Waals surface area contributed by atoms with Crippen molar-refractivity contribution in [2.45, 2.75) is 6.92 Å². The molecule has 0 unspecified atom stereocenters. The summed E-state index contributed by atoms with van der Waals surface area (Å²) in [6.07, 6.45) is 1.53. The van der Waals surface area contributed by atoms with E-state index in [2.05, 4.69) is 20.4 Å². The van der Waals surface area contributed by atoms with Gasteiger partial charge in [0.25, 0.3) is 11.5 Å². The molecule has 4 rings (SSSR count). The van der Waals surface area contributed by atoms with Crippen LogP contribution in [0.2, 0.25) is 0 Å². The normalized spacial score (nSPS) is 10.8. The first-order valence-electron chi connectivity index (χ1n) is 7.67. The number of aryl methyl sites for hydroxylation is 1. The number of aromatic amines is 1. The van der Waals surface area contributed by atoms with Crippen molar-refractivity contribution in [3.63, 3.8) is 0 Å². The summed E-state index contributed by atoms with van der Waals surface area (Å²) in [6.45, 7) is 1.71. The lowest BCUT2D eigenvalue weighted by Crippen LogP contribution is -2.18. The number of amides is 1. The van der Waals surface area contributed by atoms with Crippen molar-refractivity contribution in [2.75, 3.05) is 5.32 Å². The summed E-state index contributed by atoms with van der Waals surface area (Å²) in [5, 5.41) is 9.04. The van der Waals surface area contributed by atoms with E-state index in [9.17, 15) is 9.59 Å². The average molecular weight is 367 g/mol. The molecule has 2 N–H and O–H groups in total. The topological polar surface area (TPSA) is 106 Å². The van der Waals surface area contributed by atoms with E-state index in [1.54, 1.807) is 37.3 Å². The van der Waals surface area contributed by atoms with Gasteiger partial charge >= 0.3 is 0 Å². The second kappa shape index (κ2) is 6.45. The van der Waals surface area contributed by atoms with Crippen LogP contribution in [-0.4, -0.2) is 25.7 Å². The highest BCUT2D eigenvalue weighted by Gasteiger charge is 2.17. The third kappa shape index (κ3) is 3.07. The Morgan fingerprint density at radius 2 is 2.19 bits per heavy atom. The third-order valence-electron chi connectivity index (χ3n) is 3.53. The molecule has 0 fully saturated rings. The standard InChI is InChI=1S/C17H13N5O3S/c1-10-8-15(23)20-17(18-10)22-14(19-16(24)13-5-3-7-26-13)9-11(21-22)12-4-2-6-25-12/h2-9H,1H3,(H,19,24)(H,18,20,23). The largest absolute Gasteiger partial charge is 0.463 e. The highest BCUT2D eigenvalue weighted by atomic mass is 32.1. The minimum atomic E-state index is -0.307. The number of rotatable bonds is 4. The van der Waals surface area contributed by atoms with Gasteiger partial charge in [-0.2, -0.15) is 9.78 Å². The Balaban J connectivity index is 1.80. The molecule has 0 aliphatic carbocycles. The number of carbonyl (C=O) groups excluding carboxylic acids is 1. The molecule has 0 aliphatic rings. The van der Waals surface area contributed by atoms with Crippen molar-refractivity contribution in [1.29, 1.82) is 0 Å². The molecule has 130 valence electrons. The molecule has 0 saturated carbocycles. The lowest BCUT2D eigenvalue weighted by Gasteiger charge is -2.07. The van der Waals surface area contributed by atoms with E-state index in [0.717, 1.165) is 0 Å². The Bertz CT molecular complexity index is 1110. The van der Waals surface area contributed by atoms with Crippen molar-refractivity contribution in [3.8, 4) is 17.4 Å². The van der Waals surface area contributed by atoms with Crippen molar-refractivity contribution in [3.05, 3.63) is 69.0 Å². The summed E-state index contributed by atoms with van der Waals surface area (Å²) >= 11 is 1.33. The first-order valence-corrected chi connectivity index (χ1v) is 8.55. The Kier molecular flexibility index (Phi) is 3.98. The highest BCUT2D eigenvalue weighted by Crippen LogP contribution is 2.24. The van der Waals surface area contributed by atoms with Gasteiger partial charge in [-0.1, -0.05) is 6.07 Å². The fourth-order valence-corrected chi connectivity index (χ4v) is 3.04. The second-order valence-corrected chi connectivity index (χ2v) is 6.39. The molecule has 0 aromatic carbocycles. The molecule has 9 heteroatoms. The lowest BCUT2D eigenvalue weighted by molar-refractivity contribution is 0.103. The highest BCUT2D eigenvalue weighted by molar-refractivity contribution is 7.12. The Labute approximate surface area is 151 Å². The van der Waals surface area contributed by atoms with Gasteiger partial charge in [-0.15, -0.1) is 11.3 Å². The Morgan fingerprint density at radius 3 is 2.88 bits per heavy atom. The number of anilines is 1. The molecule has 26 heavy (non-hydrogen) atoms. The van der Waals surface area contributed by atoms with Crippen LogP contribution >= 0.6 is 11.3 Å². The van der Waals surface area contributed by atoms with Crippen molar-refractivity contribution in [2.24, 2.45) is 0 Å². The van der Waals surface area contributed by atoms with Gasteiger partial charge in [0, 0.05) is 17.8 Å². The van der Waals surface area contributed by atoms with Crippen LogP contribution in [-0.2, 0) is 0 Å². The van der Waals surface area contributed by atoms with E-state index in [0.29, 0.717) is 27.8 Å². The lowest BCUT2D eigenvalue weighted by atomic mass is 10.3. The first kappa shape index (κ1) is 16.0. The van der Waals surface area contributed by atoms with E-state index >= 15 is 0 Å². The van der Waals surface area contributed by atoms with E-state index < -0.39 is 0 Å². The molecule has 0 bridgehead atoms. The minimum absolute atomic E-state index is 0.203. The molecular formula is C17H13N5O3S. The number of hydrogen-bond acceptors (Lipinski definition) is 6. The van der Waals surface area contributed by atoms with Gasteiger partial charge in [-0.05, 0) is 30.5 Å². The van der Waals surface area contributed by atoms with Crippen LogP contribution in [0.15, 0.2) is 57.3 Å². The Morgan fingerprint density at radius 1 is 1.31 bits per heavy atom. The molecule has 0 saturated heterocycles. The predicted octanol–water partition coefficient (Wildman–Crippen LogP) is 2.84. The molecular weight excluding hydrogens is 354 g/mol. The maximum Gasteiger partial charge on any atom is 0.266 e. The number of aromatic nitrogens is 4. The predicted molar refractivity (Wildman–Crippen MR) is 96.7 cm³/mol. The zero-order valence-electron chi connectivity index (χ0n) is 13.6. The van der Waals surface area contributed by atoms with Crippen molar-refractivity contribution >= 4 is 23.1 Å². The summed E-state index contributed by atoms with van der Waals surface area (Å²) in [7, 11) is 0. The molecule has 4 aromatic heterocycles. The Hall–Kier alpha value is -3.46. The van der Waals surface area contributed by atoms with Gasteiger partial charge in [0.15, 0.2) is 5.76 Å². The van der Waals surface area contributed by atoms with Gasteiger partial charge in [-0.3, -0.25) is 14.6 Å². The van der Waals surface area contributed by atoms with Gasteiger partial charge in [0.2, 0.25) is 5.95 Å². The summed E-state index contributed by atoms with van der Waals surface area (Å²) in [6, 6.07) is 10.1. The van der Waals surface area contributed by atoms with Gasteiger partial charge in [-0.25, -0.2) is 4.98 Å². The van der Waals surface area contributed by atoms with Crippen LogP contribution in [0, 0.1) is 6.92 Å². The SMILES string of the molecule is Cc1cc(=O)[nH]c(-n2nc(-c3ccco3)cc2NC(=O)c2cccs2)n1. The number of thiophene rings is 1. The quantitative estimate of drug-likeness (QED) is 0.577. The van der Waals surface area contributed by atoms with E-state index in [4.69, 9.17) is 4.42 Å². The number of H-pyrrole nitrogens is 1. The molecule has 0 radical (unpaired) electrons. The van der Waals surface area contributed by atoms with Crippen LogP contribution in [0.5, 0.6) is 0 Å². The molecule has 8 nitrogen and oxygen atoms in total. The van der Waals surface area contributed by atoms with Crippen LogP contribution in [0.1, 0.15) is 15.4 Å².